The molecule has 0 aliphatic carbocycles. The average molecular weight is 394 g/mol. The third-order valence-electron chi connectivity index (χ3n) is 5.12. The van der Waals surface area contributed by atoms with Gasteiger partial charge >= 0.3 is 0 Å². The number of aromatic nitrogens is 1. The van der Waals surface area contributed by atoms with Crippen LogP contribution in [-0.4, -0.2) is 46.9 Å². The van der Waals surface area contributed by atoms with E-state index in [-0.39, 0.29) is 23.3 Å². The molecule has 1 N–H and O–H groups in total. The zero-order chi connectivity index (χ0) is 21.2. The standard InChI is InChI=1S/C23H26N2O4/c1-23(2,3)17-7-5-15(6-8-17)19-18(20(26)16-9-11-24-12-10-16)21(27)22(28)25(19)13-14-29-4/h5-12,19,26H,13-14H2,1-4H3. The number of Topliss-reactive ketones (excluding diaryl/α,β-unsaturated/α-hetero) is 1. The average Bonchev–Trinajstić information content (AvgIpc) is 2.96. The normalized spacial score (nSPS) is 19.0. The lowest BCUT2D eigenvalue weighted by molar-refractivity contribution is -0.140. The van der Waals surface area contributed by atoms with Gasteiger partial charge in [0.15, 0.2) is 0 Å². The van der Waals surface area contributed by atoms with E-state index in [0.717, 1.165) is 11.1 Å². The van der Waals surface area contributed by atoms with E-state index in [4.69, 9.17) is 4.74 Å². The van der Waals surface area contributed by atoms with Crippen LogP contribution in [0.3, 0.4) is 0 Å². The summed E-state index contributed by atoms with van der Waals surface area (Å²) in [5.41, 5.74) is 2.42. The highest BCUT2D eigenvalue weighted by Gasteiger charge is 2.45. The van der Waals surface area contributed by atoms with Crippen LogP contribution in [-0.2, 0) is 19.7 Å². The first kappa shape index (κ1) is 20.7. The molecule has 1 atom stereocenters. The van der Waals surface area contributed by atoms with Crippen LogP contribution >= 0.6 is 0 Å². The quantitative estimate of drug-likeness (QED) is 0.477. The van der Waals surface area contributed by atoms with Crippen LogP contribution in [0, 0.1) is 0 Å². The van der Waals surface area contributed by atoms with E-state index in [1.165, 1.54) is 17.3 Å². The molecule has 1 unspecified atom stereocenters. The summed E-state index contributed by atoms with van der Waals surface area (Å²) in [6, 6.07) is 10.4. The Morgan fingerprint density at radius 1 is 1.10 bits per heavy atom. The molecule has 0 spiro atoms. The summed E-state index contributed by atoms with van der Waals surface area (Å²) in [7, 11) is 1.54. The van der Waals surface area contributed by atoms with Crippen LogP contribution in [0.2, 0.25) is 0 Å². The van der Waals surface area contributed by atoms with Crippen molar-refractivity contribution in [3.63, 3.8) is 0 Å². The number of rotatable bonds is 5. The highest BCUT2D eigenvalue weighted by atomic mass is 16.5. The Kier molecular flexibility index (Phi) is 5.84. The summed E-state index contributed by atoms with van der Waals surface area (Å²) in [5, 5.41) is 10.9. The Bertz CT molecular complexity index is 928. The lowest BCUT2D eigenvalue weighted by Crippen LogP contribution is -2.32. The molecule has 29 heavy (non-hydrogen) atoms. The minimum absolute atomic E-state index is 0.0204. The van der Waals surface area contributed by atoms with Gasteiger partial charge in [-0.2, -0.15) is 0 Å². The van der Waals surface area contributed by atoms with E-state index >= 15 is 0 Å². The van der Waals surface area contributed by atoms with E-state index < -0.39 is 17.7 Å². The zero-order valence-corrected chi connectivity index (χ0v) is 17.2. The molecule has 0 saturated carbocycles. The fraction of sp³-hybridized carbons (Fsp3) is 0.348. The number of likely N-dealkylation sites (tertiary alicyclic amines) is 1. The topological polar surface area (TPSA) is 79.7 Å². The van der Waals surface area contributed by atoms with Crippen LogP contribution in [0.5, 0.6) is 0 Å². The first-order valence-corrected chi connectivity index (χ1v) is 9.54. The molecule has 1 aliphatic rings. The van der Waals surface area contributed by atoms with Crippen LogP contribution in [0.15, 0.2) is 54.4 Å². The fourth-order valence-corrected chi connectivity index (χ4v) is 3.48. The number of pyridine rings is 1. The van der Waals surface area contributed by atoms with Crippen molar-refractivity contribution < 1.29 is 19.4 Å². The van der Waals surface area contributed by atoms with Crippen molar-refractivity contribution >= 4 is 17.4 Å². The maximum atomic E-state index is 12.8. The number of amides is 1. The van der Waals surface area contributed by atoms with Gasteiger partial charge in [-0.3, -0.25) is 14.6 Å². The number of carbonyl (C=O) groups excluding carboxylic acids is 2. The molecular formula is C23H26N2O4. The number of hydrogen-bond acceptors (Lipinski definition) is 5. The second kappa shape index (κ2) is 8.17. The number of hydrogen-bond donors (Lipinski definition) is 1. The van der Waals surface area contributed by atoms with Crippen molar-refractivity contribution in [2.45, 2.75) is 32.2 Å². The molecule has 3 rings (SSSR count). The van der Waals surface area contributed by atoms with Crippen LogP contribution < -0.4 is 0 Å². The Morgan fingerprint density at radius 2 is 1.72 bits per heavy atom. The molecule has 152 valence electrons. The molecule has 6 nitrogen and oxygen atoms in total. The Balaban J connectivity index is 2.13. The maximum Gasteiger partial charge on any atom is 0.295 e. The highest BCUT2D eigenvalue weighted by molar-refractivity contribution is 6.46. The Morgan fingerprint density at radius 3 is 2.28 bits per heavy atom. The first-order chi connectivity index (χ1) is 13.8. The molecule has 1 aromatic carbocycles. The second-order valence-electron chi connectivity index (χ2n) is 8.09. The third kappa shape index (κ3) is 4.07. The zero-order valence-electron chi connectivity index (χ0n) is 17.2. The van der Waals surface area contributed by atoms with Gasteiger partial charge < -0.3 is 14.7 Å². The van der Waals surface area contributed by atoms with Gasteiger partial charge in [0.25, 0.3) is 11.7 Å². The largest absolute Gasteiger partial charge is 0.507 e. The molecule has 0 bridgehead atoms. The van der Waals surface area contributed by atoms with Gasteiger partial charge in [-0.05, 0) is 28.7 Å². The monoisotopic (exact) mass is 394 g/mol. The van der Waals surface area contributed by atoms with E-state index in [1.807, 2.05) is 24.3 Å². The van der Waals surface area contributed by atoms with Crippen molar-refractivity contribution in [1.29, 1.82) is 0 Å². The highest BCUT2D eigenvalue weighted by Crippen LogP contribution is 2.39. The molecule has 1 amide bonds. The predicted molar refractivity (Wildman–Crippen MR) is 110 cm³/mol. The van der Waals surface area contributed by atoms with E-state index in [1.54, 1.807) is 19.2 Å². The summed E-state index contributed by atoms with van der Waals surface area (Å²) in [4.78, 5) is 31.0. The van der Waals surface area contributed by atoms with Gasteiger partial charge in [0.05, 0.1) is 18.2 Å². The lowest BCUT2D eigenvalue weighted by atomic mass is 9.85. The van der Waals surface area contributed by atoms with Gasteiger partial charge in [-0.15, -0.1) is 0 Å². The fourth-order valence-electron chi connectivity index (χ4n) is 3.48. The number of nitrogens with zero attached hydrogens (tertiary/aromatic N) is 2. The lowest BCUT2D eigenvalue weighted by Gasteiger charge is -2.26. The summed E-state index contributed by atoms with van der Waals surface area (Å²) in [6.07, 6.45) is 3.06. The van der Waals surface area contributed by atoms with Crippen LogP contribution in [0.25, 0.3) is 5.76 Å². The van der Waals surface area contributed by atoms with Crippen LogP contribution in [0.1, 0.15) is 43.5 Å². The van der Waals surface area contributed by atoms with Gasteiger partial charge in [-0.25, -0.2) is 0 Å². The van der Waals surface area contributed by atoms with Crippen LogP contribution in [0.4, 0.5) is 0 Å². The SMILES string of the molecule is COCCN1C(=O)C(=O)C(=C(O)c2ccncc2)C1c1ccc(C(C)(C)C)cc1. The van der Waals surface area contributed by atoms with E-state index in [2.05, 4.69) is 25.8 Å². The number of aliphatic hydroxyl groups excluding tert-OH is 1. The van der Waals surface area contributed by atoms with Gasteiger partial charge in [0.2, 0.25) is 0 Å². The molecule has 0 radical (unpaired) electrons. The van der Waals surface area contributed by atoms with Crippen molar-refractivity contribution in [3.05, 3.63) is 71.1 Å². The number of methoxy groups -OCH3 is 1. The third-order valence-corrected chi connectivity index (χ3v) is 5.12. The minimum Gasteiger partial charge on any atom is -0.507 e. The number of carbonyl (C=O) groups is 2. The van der Waals surface area contributed by atoms with Gasteiger partial charge in [0, 0.05) is 31.6 Å². The number of aliphatic hydroxyl groups is 1. The molecular weight excluding hydrogens is 368 g/mol. The Hall–Kier alpha value is -2.99. The summed E-state index contributed by atoms with van der Waals surface area (Å²) >= 11 is 0. The molecule has 1 fully saturated rings. The molecule has 6 heteroatoms. The van der Waals surface area contributed by atoms with E-state index in [9.17, 15) is 14.7 Å². The molecule has 2 heterocycles. The summed E-state index contributed by atoms with van der Waals surface area (Å²) in [6.45, 7) is 6.90. The first-order valence-electron chi connectivity index (χ1n) is 9.54. The van der Waals surface area contributed by atoms with Gasteiger partial charge in [-0.1, -0.05) is 45.0 Å². The van der Waals surface area contributed by atoms with Crippen molar-refractivity contribution in [1.82, 2.24) is 9.88 Å². The molecule has 2 aromatic rings. The van der Waals surface area contributed by atoms with Gasteiger partial charge in [0.1, 0.15) is 5.76 Å². The molecule has 1 aromatic heterocycles. The van der Waals surface area contributed by atoms with Crippen molar-refractivity contribution in [3.8, 4) is 0 Å². The summed E-state index contributed by atoms with van der Waals surface area (Å²) in [5.74, 6) is -1.53. The molecule has 1 aliphatic heterocycles. The molecule has 1 saturated heterocycles. The number of benzene rings is 1. The number of ether oxygens (including phenoxy) is 1. The van der Waals surface area contributed by atoms with Crippen molar-refractivity contribution in [2.24, 2.45) is 0 Å². The second-order valence-corrected chi connectivity index (χ2v) is 8.09. The maximum absolute atomic E-state index is 12.8. The number of ketones is 1. The van der Waals surface area contributed by atoms with E-state index in [0.29, 0.717) is 12.2 Å². The minimum atomic E-state index is -0.694. The summed E-state index contributed by atoms with van der Waals surface area (Å²) < 4.78 is 5.12. The Labute approximate surface area is 170 Å². The predicted octanol–water partition coefficient (Wildman–Crippen LogP) is 3.45. The van der Waals surface area contributed by atoms with Crippen molar-refractivity contribution in [2.75, 3.05) is 20.3 Å². The smallest absolute Gasteiger partial charge is 0.295 e.